The summed E-state index contributed by atoms with van der Waals surface area (Å²) in [5.74, 6) is 1.32. The van der Waals surface area contributed by atoms with Crippen LogP contribution in [0.2, 0.25) is 0 Å². The van der Waals surface area contributed by atoms with Crippen LogP contribution in [0.1, 0.15) is 87.5 Å². The van der Waals surface area contributed by atoms with E-state index in [1.54, 1.807) is 0 Å². The molecule has 2 aliphatic carbocycles. The molecule has 12 rings (SSSR count). The molecule has 0 N–H and O–H groups in total. The topological polar surface area (TPSA) is 43.4 Å². The van der Waals surface area contributed by atoms with Gasteiger partial charge in [-0.1, -0.05) is 205 Å². The normalized spacial score (nSPS) is 12.1. The number of ketones is 2. The third kappa shape index (κ3) is 8.59. The maximum atomic E-state index is 16.3. The molecule has 75 heavy (non-hydrogen) atoms. The highest BCUT2D eigenvalue weighted by Gasteiger charge is 2.39. The van der Waals surface area contributed by atoms with E-state index in [0.29, 0.717) is 46.6 Å². The molecule has 0 fully saturated rings. The molecule has 0 amide bonds. The molecule has 0 aliphatic heterocycles. The van der Waals surface area contributed by atoms with Gasteiger partial charge in [0.2, 0.25) is 0 Å². The maximum Gasteiger partial charge on any atom is 0.194 e. The Kier molecular flexibility index (Phi) is 12.7. The van der Waals surface area contributed by atoms with E-state index in [4.69, 9.17) is 4.74 Å². The monoisotopic (exact) mass is 1010 g/mol. The van der Waals surface area contributed by atoms with Gasteiger partial charge in [0.15, 0.2) is 11.6 Å². The Morgan fingerprint density at radius 2 is 0.653 bits per heavy atom. The smallest absolute Gasteiger partial charge is 0.194 e. The number of aryl methyl sites for hydroxylation is 6. The van der Waals surface area contributed by atoms with Crippen molar-refractivity contribution in [3.8, 4) is 33.8 Å². The van der Waals surface area contributed by atoms with E-state index < -0.39 is 15.8 Å². The van der Waals surface area contributed by atoms with Gasteiger partial charge in [-0.3, -0.25) is 9.59 Å². The maximum absolute atomic E-state index is 16.3. The van der Waals surface area contributed by atoms with Crippen molar-refractivity contribution >= 4 is 59.2 Å². The van der Waals surface area contributed by atoms with Crippen molar-refractivity contribution in [2.24, 2.45) is 0 Å². The Morgan fingerprint density at radius 3 is 0.973 bits per heavy atom. The van der Waals surface area contributed by atoms with Crippen molar-refractivity contribution in [2.45, 2.75) is 54.4 Å². The first-order chi connectivity index (χ1) is 36.5. The summed E-state index contributed by atoms with van der Waals surface area (Å²) < 4.78 is 8.38. The first kappa shape index (κ1) is 48.2. The molecule has 364 valence electrons. The van der Waals surface area contributed by atoms with Crippen molar-refractivity contribution in [1.82, 2.24) is 0 Å². The fourth-order valence-electron chi connectivity index (χ4n) is 12.0. The number of carbonyl (C=O) groups excluding carboxylic acids is 2. The molecule has 5 heteroatoms. The summed E-state index contributed by atoms with van der Waals surface area (Å²) in [7, 11) is -2.91. The van der Waals surface area contributed by atoms with Crippen molar-refractivity contribution in [2.75, 3.05) is 0 Å². The molecular formula is C70H56O3P2. The molecule has 0 bridgehead atoms. The van der Waals surface area contributed by atoms with Crippen LogP contribution < -0.4 is 36.6 Å². The van der Waals surface area contributed by atoms with Gasteiger partial charge in [0.1, 0.15) is 11.5 Å². The van der Waals surface area contributed by atoms with Gasteiger partial charge in [-0.25, -0.2) is 0 Å². The molecule has 3 nitrogen and oxygen atoms in total. The third-order valence-corrected chi connectivity index (χ3v) is 20.1. The minimum absolute atomic E-state index is 0.0284. The number of hydrogen-bond donors (Lipinski definition) is 0. The van der Waals surface area contributed by atoms with Gasteiger partial charge in [0, 0.05) is 56.8 Å². The van der Waals surface area contributed by atoms with Crippen LogP contribution in [0.5, 0.6) is 11.5 Å². The number of benzene rings is 10. The second kappa shape index (κ2) is 19.8. The Bertz CT molecular complexity index is 3520. The Labute approximate surface area is 443 Å². The highest BCUT2D eigenvalue weighted by Crippen LogP contribution is 2.53. The SMILES string of the molecule is Cc1cc(C)c(C(=O)c2cc3c(c(Oc4c5c(cc(C(=O)c6c(C)cc(C)cc6C)c4P(c4ccccc4)c4ccccc4)-c4ccccc4C5)c2P(c2ccccc2)c2ccccc2)Cc2ccccc2-3)c(C)c1. The summed E-state index contributed by atoms with van der Waals surface area (Å²) in [6.07, 6.45) is 1.23. The minimum atomic E-state index is -1.46. The molecule has 0 heterocycles. The third-order valence-electron chi connectivity index (χ3n) is 15.1. The predicted molar refractivity (Wildman–Crippen MR) is 315 cm³/mol. The lowest BCUT2D eigenvalue weighted by Crippen LogP contribution is -2.30. The van der Waals surface area contributed by atoms with E-state index in [1.165, 1.54) is 11.1 Å². The lowest BCUT2D eigenvalue weighted by molar-refractivity contribution is 0.103. The largest absolute Gasteiger partial charge is 0.455 e. The summed E-state index contributed by atoms with van der Waals surface area (Å²) >= 11 is 0. The summed E-state index contributed by atoms with van der Waals surface area (Å²) in [5, 5.41) is 6.17. The van der Waals surface area contributed by atoms with Gasteiger partial charge in [0.05, 0.1) is 0 Å². The Hall–Kier alpha value is -7.80. The molecular weight excluding hydrogens is 951 g/mol. The lowest BCUT2D eigenvalue weighted by Gasteiger charge is -2.30. The van der Waals surface area contributed by atoms with Gasteiger partial charge < -0.3 is 4.74 Å². The zero-order chi connectivity index (χ0) is 51.5. The van der Waals surface area contributed by atoms with Crippen LogP contribution in [0, 0.1) is 41.5 Å². The van der Waals surface area contributed by atoms with Crippen molar-refractivity contribution in [3.05, 3.63) is 284 Å². The van der Waals surface area contributed by atoms with Crippen LogP contribution in [0.3, 0.4) is 0 Å². The Balaban J connectivity index is 1.26. The molecule has 0 radical (unpaired) electrons. The first-order valence-corrected chi connectivity index (χ1v) is 28.5. The molecule has 10 aromatic rings. The van der Waals surface area contributed by atoms with Gasteiger partial charge >= 0.3 is 0 Å². The van der Waals surface area contributed by atoms with Crippen LogP contribution >= 0.6 is 15.8 Å². The van der Waals surface area contributed by atoms with E-state index in [9.17, 15) is 0 Å². The number of hydrogen-bond acceptors (Lipinski definition) is 3. The van der Waals surface area contributed by atoms with Crippen LogP contribution in [-0.4, -0.2) is 11.6 Å². The fraction of sp³-hybridized carbons (Fsp3) is 0.114. The highest BCUT2D eigenvalue weighted by molar-refractivity contribution is 7.80. The molecule has 2 aliphatic rings. The molecule has 10 aromatic carbocycles. The number of fused-ring (bicyclic) bond motifs is 6. The van der Waals surface area contributed by atoms with Crippen LogP contribution in [0.25, 0.3) is 22.3 Å². The molecule has 0 atom stereocenters. The number of carbonyl (C=O) groups is 2. The summed E-state index contributed by atoms with van der Waals surface area (Å²) in [4.78, 5) is 32.6. The zero-order valence-electron chi connectivity index (χ0n) is 43.2. The predicted octanol–water partition coefficient (Wildman–Crippen LogP) is 14.5. The average Bonchev–Trinajstić information content (AvgIpc) is 3.99. The van der Waals surface area contributed by atoms with Gasteiger partial charge in [-0.05, 0) is 146 Å². The number of rotatable bonds is 12. The van der Waals surface area contributed by atoms with E-state index >= 15 is 9.59 Å². The molecule has 0 saturated heterocycles. The Morgan fingerprint density at radius 1 is 0.360 bits per heavy atom. The first-order valence-electron chi connectivity index (χ1n) is 25.8. The summed E-state index contributed by atoms with van der Waals surface area (Å²) in [5.41, 5.74) is 17.3. The summed E-state index contributed by atoms with van der Waals surface area (Å²) in [6, 6.07) is 72.8. The molecule has 0 saturated carbocycles. The quantitative estimate of drug-likeness (QED) is 0.0905. The molecule has 0 spiro atoms. The zero-order valence-corrected chi connectivity index (χ0v) is 45.0. The van der Waals surface area contributed by atoms with Crippen molar-refractivity contribution in [3.63, 3.8) is 0 Å². The molecule has 0 unspecified atom stereocenters. The highest BCUT2D eigenvalue weighted by atomic mass is 31.1. The van der Waals surface area contributed by atoms with Gasteiger partial charge in [-0.2, -0.15) is 0 Å². The van der Waals surface area contributed by atoms with Crippen LogP contribution in [0.4, 0.5) is 0 Å². The van der Waals surface area contributed by atoms with E-state index in [0.717, 1.165) is 98.6 Å². The second-order valence-corrected chi connectivity index (χ2v) is 24.5. The van der Waals surface area contributed by atoms with Gasteiger partial charge in [0.25, 0.3) is 0 Å². The fourth-order valence-corrected chi connectivity index (χ4v) is 17.1. The lowest BCUT2D eigenvalue weighted by atomic mass is 9.90. The van der Waals surface area contributed by atoms with Crippen LogP contribution in [-0.2, 0) is 12.8 Å². The standard InChI is InChI=1S/C70H56O3P2/c1-43-35-45(3)63(46(4)36-43)65(71)61-41-57-55-33-21-19-23-49(55)39-59(57)67(69(61)74(51-25-11-7-12-26-51)52-27-13-8-14-28-52)73-68-60-40-50-24-20-22-34-56(50)58(60)42-62(66(72)64-47(5)37-44(2)38-48(64)6)70(68)75(53-29-15-9-16-30-53)54-31-17-10-18-32-54/h7-38,41-42H,39-40H2,1-6H3. The van der Waals surface area contributed by atoms with Gasteiger partial charge in [-0.15, -0.1) is 0 Å². The van der Waals surface area contributed by atoms with E-state index in [-0.39, 0.29) is 11.6 Å². The van der Waals surface area contributed by atoms with Crippen LogP contribution in [0.15, 0.2) is 206 Å². The van der Waals surface area contributed by atoms with Crippen molar-refractivity contribution < 1.29 is 14.3 Å². The number of ether oxygens (including phenoxy) is 1. The van der Waals surface area contributed by atoms with E-state index in [1.807, 2.05) is 0 Å². The average molecular weight is 1010 g/mol. The molecule has 0 aromatic heterocycles. The second-order valence-electron chi connectivity index (χ2n) is 20.2. The minimum Gasteiger partial charge on any atom is -0.455 e. The van der Waals surface area contributed by atoms with Crippen molar-refractivity contribution in [1.29, 1.82) is 0 Å². The van der Waals surface area contributed by atoms with E-state index in [2.05, 4.69) is 248 Å². The summed E-state index contributed by atoms with van der Waals surface area (Å²) in [6.45, 7) is 12.4.